The lowest BCUT2D eigenvalue weighted by atomic mass is 9.88. The Morgan fingerprint density at radius 1 is 1.47 bits per heavy atom. The smallest absolute Gasteiger partial charge is 0.246 e. The van der Waals surface area contributed by atoms with Crippen LogP contribution in [0.5, 0.6) is 0 Å². The molecule has 2 N–H and O–H groups in total. The maximum absolute atomic E-state index is 11.5. The summed E-state index contributed by atoms with van der Waals surface area (Å²) in [4.78, 5) is 11.5. The normalized spacial score (nSPS) is 24.6. The molecule has 5 nitrogen and oxygen atoms in total. The highest BCUT2D eigenvalue weighted by atomic mass is 16.5. The van der Waals surface area contributed by atoms with E-state index in [1.165, 1.54) is 0 Å². The Bertz CT molecular complexity index is 224. The summed E-state index contributed by atoms with van der Waals surface area (Å²) >= 11 is 0. The van der Waals surface area contributed by atoms with Crippen LogP contribution in [0.2, 0.25) is 0 Å². The van der Waals surface area contributed by atoms with Crippen molar-refractivity contribution in [1.82, 2.24) is 10.6 Å². The van der Waals surface area contributed by atoms with E-state index in [1.807, 2.05) is 0 Å². The zero-order valence-corrected chi connectivity index (χ0v) is 10.8. The summed E-state index contributed by atoms with van der Waals surface area (Å²) in [5.41, 5.74) is 0. The van der Waals surface area contributed by atoms with Crippen LogP contribution in [0.4, 0.5) is 0 Å². The lowest BCUT2D eigenvalue weighted by Gasteiger charge is -2.29. The van der Waals surface area contributed by atoms with Gasteiger partial charge in [0.2, 0.25) is 5.91 Å². The highest BCUT2D eigenvalue weighted by molar-refractivity contribution is 5.77. The quantitative estimate of drug-likeness (QED) is 0.619. The first-order chi connectivity index (χ1) is 8.24. The van der Waals surface area contributed by atoms with Gasteiger partial charge >= 0.3 is 0 Å². The van der Waals surface area contributed by atoms with E-state index in [4.69, 9.17) is 9.47 Å². The van der Waals surface area contributed by atoms with Crippen molar-refractivity contribution in [3.05, 3.63) is 0 Å². The molecular formula is C12H24N2O3. The number of ether oxygens (including phenoxy) is 2. The third kappa shape index (κ3) is 6.00. The molecule has 0 aliphatic carbocycles. The first kappa shape index (κ1) is 14.4. The Labute approximate surface area is 103 Å². The van der Waals surface area contributed by atoms with Crippen molar-refractivity contribution in [1.29, 1.82) is 0 Å². The molecule has 0 aromatic rings. The first-order valence-corrected chi connectivity index (χ1v) is 6.28. The SMILES string of the molecule is COCCOCC(=O)NCC1CCNCC1C. The average molecular weight is 244 g/mol. The van der Waals surface area contributed by atoms with Crippen molar-refractivity contribution >= 4 is 5.91 Å². The standard InChI is InChI=1S/C12H24N2O3/c1-10-7-13-4-3-11(10)8-14-12(15)9-17-6-5-16-2/h10-11,13H,3-9H2,1-2H3,(H,14,15). The van der Waals surface area contributed by atoms with E-state index in [9.17, 15) is 4.79 Å². The highest BCUT2D eigenvalue weighted by Crippen LogP contribution is 2.17. The molecule has 0 radical (unpaired) electrons. The minimum atomic E-state index is -0.0353. The maximum Gasteiger partial charge on any atom is 0.246 e. The van der Waals surface area contributed by atoms with E-state index >= 15 is 0 Å². The second-order valence-corrected chi connectivity index (χ2v) is 4.58. The molecule has 17 heavy (non-hydrogen) atoms. The molecule has 0 aromatic carbocycles. The van der Waals surface area contributed by atoms with Gasteiger partial charge in [-0.05, 0) is 31.3 Å². The Morgan fingerprint density at radius 3 is 3.00 bits per heavy atom. The summed E-state index contributed by atoms with van der Waals surface area (Å²) in [5.74, 6) is 1.17. The third-order valence-electron chi connectivity index (χ3n) is 3.19. The van der Waals surface area contributed by atoms with Crippen molar-refractivity contribution in [2.24, 2.45) is 11.8 Å². The zero-order valence-electron chi connectivity index (χ0n) is 10.8. The van der Waals surface area contributed by atoms with E-state index in [1.54, 1.807) is 7.11 Å². The van der Waals surface area contributed by atoms with Crippen LogP contribution in [-0.2, 0) is 14.3 Å². The number of amides is 1. The molecule has 2 unspecified atom stereocenters. The van der Waals surface area contributed by atoms with Gasteiger partial charge in [0.1, 0.15) is 6.61 Å². The van der Waals surface area contributed by atoms with Gasteiger partial charge in [0.15, 0.2) is 0 Å². The number of carbonyl (C=O) groups is 1. The van der Waals surface area contributed by atoms with Crippen LogP contribution < -0.4 is 10.6 Å². The number of hydrogen-bond donors (Lipinski definition) is 2. The summed E-state index contributed by atoms with van der Waals surface area (Å²) in [6.45, 7) is 6.20. The monoisotopic (exact) mass is 244 g/mol. The first-order valence-electron chi connectivity index (χ1n) is 6.28. The van der Waals surface area contributed by atoms with Crippen LogP contribution in [0.3, 0.4) is 0 Å². The second kappa shape index (κ2) is 8.44. The molecule has 0 saturated carbocycles. The summed E-state index contributed by atoms with van der Waals surface area (Å²) in [6.07, 6.45) is 1.13. The molecule has 1 saturated heterocycles. The molecule has 1 amide bonds. The molecule has 0 aromatic heterocycles. The van der Waals surface area contributed by atoms with Crippen LogP contribution in [0.25, 0.3) is 0 Å². The maximum atomic E-state index is 11.5. The van der Waals surface area contributed by atoms with Crippen LogP contribution in [-0.4, -0.2) is 52.5 Å². The van der Waals surface area contributed by atoms with Crippen molar-refractivity contribution < 1.29 is 14.3 Å². The van der Waals surface area contributed by atoms with Gasteiger partial charge in [-0.15, -0.1) is 0 Å². The van der Waals surface area contributed by atoms with Crippen molar-refractivity contribution in [3.63, 3.8) is 0 Å². The van der Waals surface area contributed by atoms with Gasteiger partial charge in [0, 0.05) is 13.7 Å². The third-order valence-corrected chi connectivity index (χ3v) is 3.19. The van der Waals surface area contributed by atoms with Gasteiger partial charge in [0.05, 0.1) is 13.2 Å². The van der Waals surface area contributed by atoms with Crippen LogP contribution in [0.15, 0.2) is 0 Å². The molecule has 1 fully saturated rings. The Hall–Kier alpha value is -0.650. The lowest BCUT2D eigenvalue weighted by Crippen LogP contribution is -2.42. The fraction of sp³-hybridized carbons (Fsp3) is 0.917. The number of methoxy groups -OCH3 is 1. The molecule has 2 atom stereocenters. The molecular weight excluding hydrogens is 220 g/mol. The number of piperidine rings is 1. The van der Waals surface area contributed by atoms with Crippen LogP contribution in [0, 0.1) is 11.8 Å². The Kier molecular flexibility index (Phi) is 7.16. The number of hydrogen-bond acceptors (Lipinski definition) is 4. The minimum absolute atomic E-state index is 0.0353. The lowest BCUT2D eigenvalue weighted by molar-refractivity contribution is -0.126. The minimum Gasteiger partial charge on any atom is -0.382 e. The van der Waals surface area contributed by atoms with Gasteiger partial charge in [-0.25, -0.2) is 0 Å². The summed E-state index contributed by atoms with van der Waals surface area (Å²) in [6, 6.07) is 0. The largest absolute Gasteiger partial charge is 0.382 e. The number of rotatable bonds is 7. The van der Waals surface area contributed by atoms with E-state index in [2.05, 4.69) is 17.6 Å². The Morgan fingerprint density at radius 2 is 2.29 bits per heavy atom. The van der Waals surface area contributed by atoms with Crippen molar-refractivity contribution in [3.8, 4) is 0 Å². The molecule has 5 heteroatoms. The second-order valence-electron chi connectivity index (χ2n) is 4.58. The van der Waals surface area contributed by atoms with Gasteiger partial charge < -0.3 is 20.1 Å². The van der Waals surface area contributed by atoms with E-state index in [0.717, 1.165) is 26.1 Å². The average Bonchev–Trinajstić information content (AvgIpc) is 2.34. The van der Waals surface area contributed by atoms with Gasteiger partial charge in [-0.1, -0.05) is 6.92 Å². The molecule has 0 spiro atoms. The zero-order chi connectivity index (χ0) is 12.5. The van der Waals surface area contributed by atoms with Gasteiger partial charge in [-0.3, -0.25) is 4.79 Å². The number of nitrogens with one attached hydrogen (secondary N) is 2. The van der Waals surface area contributed by atoms with Crippen molar-refractivity contribution in [2.45, 2.75) is 13.3 Å². The van der Waals surface area contributed by atoms with Gasteiger partial charge in [0.25, 0.3) is 0 Å². The molecule has 0 bridgehead atoms. The van der Waals surface area contributed by atoms with E-state index < -0.39 is 0 Å². The summed E-state index contributed by atoms with van der Waals surface area (Å²) in [7, 11) is 1.61. The fourth-order valence-electron chi connectivity index (χ4n) is 1.97. The highest BCUT2D eigenvalue weighted by Gasteiger charge is 2.21. The summed E-state index contributed by atoms with van der Waals surface area (Å²) < 4.78 is 9.98. The predicted molar refractivity (Wildman–Crippen MR) is 65.8 cm³/mol. The molecule has 100 valence electrons. The number of carbonyl (C=O) groups excluding carboxylic acids is 1. The topological polar surface area (TPSA) is 59.6 Å². The van der Waals surface area contributed by atoms with E-state index in [-0.39, 0.29) is 12.5 Å². The van der Waals surface area contributed by atoms with E-state index in [0.29, 0.717) is 25.0 Å². The summed E-state index contributed by atoms with van der Waals surface area (Å²) in [5, 5.41) is 6.28. The molecule has 1 rings (SSSR count). The molecule has 1 aliphatic heterocycles. The fourth-order valence-corrected chi connectivity index (χ4v) is 1.97. The predicted octanol–water partition coefficient (Wildman–Crippen LogP) is 0.0112. The van der Waals surface area contributed by atoms with Crippen LogP contribution in [0.1, 0.15) is 13.3 Å². The molecule has 1 heterocycles. The van der Waals surface area contributed by atoms with Crippen LogP contribution >= 0.6 is 0 Å². The molecule has 1 aliphatic rings. The Balaban J connectivity index is 2.06. The van der Waals surface area contributed by atoms with Crippen molar-refractivity contribution in [2.75, 3.05) is 46.6 Å². The van der Waals surface area contributed by atoms with Gasteiger partial charge in [-0.2, -0.15) is 0 Å².